The number of ether oxygens (including phenoxy) is 1. The van der Waals surface area contributed by atoms with Crippen LogP contribution in [0.3, 0.4) is 0 Å². The molecule has 9 heteroatoms. The second-order valence-electron chi connectivity index (χ2n) is 6.96. The van der Waals surface area contributed by atoms with Crippen molar-refractivity contribution in [1.82, 2.24) is 14.9 Å². The highest BCUT2D eigenvalue weighted by Crippen LogP contribution is 2.27. The first-order valence-electron chi connectivity index (χ1n) is 9.03. The Morgan fingerprint density at radius 1 is 1.43 bits per heavy atom. The van der Waals surface area contributed by atoms with Crippen LogP contribution >= 0.6 is 0 Å². The number of fused-ring (bicyclic) bond motifs is 1. The molecule has 8 nitrogen and oxygen atoms in total. The molecule has 2 heterocycles. The number of anilines is 1. The maximum absolute atomic E-state index is 13.4. The van der Waals surface area contributed by atoms with Gasteiger partial charge in [0.05, 0.1) is 13.2 Å². The molecule has 1 aliphatic heterocycles. The topological polar surface area (TPSA) is 105 Å². The number of carbonyl (C=O) groups is 1. The van der Waals surface area contributed by atoms with Crippen molar-refractivity contribution in [2.75, 3.05) is 18.5 Å². The molecule has 2 aromatic rings. The van der Waals surface area contributed by atoms with E-state index in [-0.39, 0.29) is 24.6 Å². The molecular formula is C19H23FN4O4. The van der Waals surface area contributed by atoms with E-state index in [1.165, 1.54) is 16.7 Å². The molecule has 1 amide bonds. The molecule has 1 aliphatic rings. The summed E-state index contributed by atoms with van der Waals surface area (Å²) in [5, 5.41) is 15.9. The van der Waals surface area contributed by atoms with E-state index in [1.54, 1.807) is 19.9 Å². The van der Waals surface area contributed by atoms with E-state index in [4.69, 9.17) is 4.74 Å². The van der Waals surface area contributed by atoms with Gasteiger partial charge in [-0.25, -0.2) is 9.37 Å². The summed E-state index contributed by atoms with van der Waals surface area (Å²) in [5.74, 6) is -1.52. The average Bonchev–Trinajstić information content (AvgIpc) is 2.64. The fourth-order valence-corrected chi connectivity index (χ4v) is 3.14. The average molecular weight is 390 g/mol. The van der Waals surface area contributed by atoms with Crippen LogP contribution in [0.1, 0.15) is 42.6 Å². The third kappa shape index (κ3) is 3.70. The summed E-state index contributed by atoms with van der Waals surface area (Å²) in [7, 11) is 0. The predicted octanol–water partition coefficient (Wildman–Crippen LogP) is 1.72. The number of aromatic nitrogens is 2. The van der Waals surface area contributed by atoms with Crippen molar-refractivity contribution in [1.29, 1.82) is 0 Å². The minimum atomic E-state index is -0.866. The number of rotatable bonds is 5. The monoisotopic (exact) mass is 390 g/mol. The van der Waals surface area contributed by atoms with Gasteiger partial charge in [0.25, 0.3) is 11.5 Å². The summed E-state index contributed by atoms with van der Waals surface area (Å²) in [5.41, 5.74) is -0.687. The Bertz CT molecular complexity index is 971. The number of amides is 1. The van der Waals surface area contributed by atoms with E-state index in [2.05, 4.69) is 15.6 Å². The number of aromatic hydroxyl groups is 1. The second-order valence-corrected chi connectivity index (χ2v) is 6.96. The molecule has 1 aromatic carbocycles. The van der Waals surface area contributed by atoms with Crippen LogP contribution < -0.4 is 16.2 Å². The summed E-state index contributed by atoms with van der Waals surface area (Å²) in [6, 6.07) is 4.19. The van der Waals surface area contributed by atoms with Gasteiger partial charge in [-0.1, -0.05) is 6.07 Å². The van der Waals surface area contributed by atoms with E-state index < -0.39 is 28.6 Å². The SMILES string of the molecule is CCNc1cc(F)ccc1CNC(=O)c1nc2n(c(=O)c1O)CCOC2(C)C. The van der Waals surface area contributed by atoms with E-state index in [9.17, 15) is 19.1 Å². The van der Waals surface area contributed by atoms with Gasteiger partial charge in [0, 0.05) is 18.8 Å². The molecule has 150 valence electrons. The minimum Gasteiger partial charge on any atom is -0.501 e. The summed E-state index contributed by atoms with van der Waals surface area (Å²) >= 11 is 0. The lowest BCUT2D eigenvalue weighted by Crippen LogP contribution is -2.42. The normalized spacial score (nSPS) is 15.0. The van der Waals surface area contributed by atoms with Crippen molar-refractivity contribution in [3.63, 3.8) is 0 Å². The van der Waals surface area contributed by atoms with Crippen molar-refractivity contribution in [2.24, 2.45) is 0 Å². The lowest BCUT2D eigenvalue weighted by Gasteiger charge is -2.32. The van der Waals surface area contributed by atoms with Gasteiger partial charge in [0.1, 0.15) is 17.2 Å². The molecule has 0 spiro atoms. The molecule has 0 radical (unpaired) electrons. The minimum absolute atomic E-state index is 0.0703. The van der Waals surface area contributed by atoms with Crippen LogP contribution in [0.25, 0.3) is 0 Å². The first-order valence-corrected chi connectivity index (χ1v) is 9.03. The van der Waals surface area contributed by atoms with Gasteiger partial charge in [-0.3, -0.25) is 14.2 Å². The van der Waals surface area contributed by atoms with Crippen LogP contribution in [0.4, 0.5) is 10.1 Å². The fraction of sp³-hybridized carbons (Fsp3) is 0.421. The van der Waals surface area contributed by atoms with E-state index in [1.807, 2.05) is 6.92 Å². The van der Waals surface area contributed by atoms with E-state index in [0.29, 0.717) is 24.4 Å². The van der Waals surface area contributed by atoms with E-state index in [0.717, 1.165) is 0 Å². The summed E-state index contributed by atoms with van der Waals surface area (Å²) in [6.07, 6.45) is 0. The zero-order valence-electron chi connectivity index (χ0n) is 16.0. The Hall–Kier alpha value is -2.94. The number of nitrogens with zero attached hydrogens (tertiary/aromatic N) is 2. The molecule has 28 heavy (non-hydrogen) atoms. The first-order chi connectivity index (χ1) is 13.2. The number of carbonyl (C=O) groups excluding carboxylic acids is 1. The van der Waals surface area contributed by atoms with Crippen molar-refractivity contribution in [3.05, 3.63) is 51.5 Å². The highest BCUT2D eigenvalue weighted by Gasteiger charge is 2.34. The third-order valence-electron chi connectivity index (χ3n) is 4.56. The van der Waals surface area contributed by atoms with Crippen molar-refractivity contribution >= 4 is 11.6 Å². The van der Waals surface area contributed by atoms with Crippen LogP contribution in [0.2, 0.25) is 0 Å². The smallest absolute Gasteiger partial charge is 0.296 e. The Morgan fingerprint density at radius 3 is 2.89 bits per heavy atom. The van der Waals surface area contributed by atoms with Crippen molar-refractivity contribution in [2.45, 2.75) is 39.5 Å². The van der Waals surface area contributed by atoms with Crippen LogP contribution in [-0.4, -0.2) is 33.7 Å². The quantitative estimate of drug-likeness (QED) is 0.718. The largest absolute Gasteiger partial charge is 0.501 e. The molecule has 3 N–H and O–H groups in total. The van der Waals surface area contributed by atoms with Crippen LogP contribution in [0.5, 0.6) is 5.75 Å². The molecule has 0 atom stereocenters. The van der Waals surface area contributed by atoms with Gasteiger partial charge >= 0.3 is 0 Å². The molecular weight excluding hydrogens is 367 g/mol. The maximum Gasteiger partial charge on any atom is 0.296 e. The lowest BCUT2D eigenvalue weighted by atomic mass is 10.1. The van der Waals surface area contributed by atoms with Gasteiger partial charge < -0.3 is 20.5 Å². The van der Waals surface area contributed by atoms with E-state index >= 15 is 0 Å². The number of hydrogen-bond donors (Lipinski definition) is 3. The second kappa shape index (κ2) is 7.59. The molecule has 0 fully saturated rings. The highest BCUT2D eigenvalue weighted by molar-refractivity contribution is 5.94. The highest BCUT2D eigenvalue weighted by atomic mass is 19.1. The van der Waals surface area contributed by atoms with Crippen molar-refractivity contribution < 1.29 is 19.0 Å². The molecule has 0 unspecified atom stereocenters. The maximum atomic E-state index is 13.4. The number of nitrogens with one attached hydrogen (secondary N) is 2. The van der Waals surface area contributed by atoms with Gasteiger partial charge in [-0.05, 0) is 38.5 Å². The standard InChI is InChI=1S/C19H23FN4O4/c1-4-21-13-9-12(20)6-5-11(13)10-22-16(26)14-15(25)17(27)24-7-8-28-19(2,3)18(24)23-14/h5-6,9,21,25H,4,7-8,10H2,1-3H3,(H,22,26). The Labute approximate surface area is 161 Å². The number of hydrogen-bond acceptors (Lipinski definition) is 6. The molecule has 0 saturated heterocycles. The number of halogens is 1. The Balaban J connectivity index is 1.88. The molecule has 0 bridgehead atoms. The van der Waals surface area contributed by atoms with Gasteiger partial charge in [0.2, 0.25) is 5.75 Å². The Kier molecular flexibility index (Phi) is 5.37. The van der Waals surface area contributed by atoms with Crippen LogP contribution in [-0.2, 0) is 23.4 Å². The first kappa shape index (κ1) is 19.8. The molecule has 0 saturated carbocycles. The Morgan fingerprint density at radius 2 is 2.18 bits per heavy atom. The fourth-order valence-electron chi connectivity index (χ4n) is 3.14. The van der Waals surface area contributed by atoms with Gasteiger partial charge in [-0.15, -0.1) is 0 Å². The van der Waals surface area contributed by atoms with Crippen molar-refractivity contribution in [3.8, 4) is 5.75 Å². The lowest BCUT2D eigenvalue weighted by molar-refractivity contribution is -0.0566. The molecule has 0 aliphatic carbocycles. The third-order valence-corrected chi connectivity index (χ3v) is 4.56. The van der Waals surface area contributed by atoms with Gasteiger partial charge in [-0.2, -0.15) is 0 Å². The summed E-state index contributed by atoms with van der Waals surface area (Å²) in [4.78, 5) is 29.3. The van der Waals surface area contributed by atoms with Crippen LogP contribution in [0.15, 0.2) is 23.0 Å². The summed E-state index contributed by atoms with van der Waals surface area (Å²) in [6.45, 7) is 6.57. The van der Waals surface area contributed by atoms with Crippen LogP contribution in [0, 0.1) is 5.82 Å². The zero-order chi connectivity index (χ0) is 20.5. The van der Waals surface area contributed by atoms with Gasteiger partial charge in [0.15, 0.2) is 5.69 Å². The molecule has 1 aromatic heterocycles. The molecule has 3 rings (SSSR count). The zero-order valence-corrected chi connectivity index (χ0v) is 16.0. The predicted molar refractivity (Wildman–Crippen MR) is 101 cm³/mol. The summed E-state index contributed by atoms with van der Waals surface area (Å²) < 4.78 is 20.4. The number of benzene rings is 1.